The summed E-state index contributed by atoms with van der Waals surface area (Å²) in [5, 5.41) is 2.41. The number of carbonyl (C=O) groups excluding carboxylic acids is 1. The van der Waals surface area contributed by atoms with Crippen molar-refractivity contribution in [2.24, 2.45) is 5.73 Å². The van der Waals surface area contributed by atoms with Gasteiger partial charge in [0.15, 0.2) is 0 Å². The number of nitrogens with two attached hydrogens (primary N) is 2. The van der Waals surface area contributed by atoms with Crippen molar-refractivity contribution in [2.75, 3.05) is 11.1 Å². The van der Waals surface area contributed by atoms with Crippen molar-refractivity contribution in [3.05, 3.63) is 71.9 Å². The Balaban J connectivity index is 1.43. The highest BCUT2D eigenvalue weighted by atomic mass is 19.4. The van der Waals surface area contributed by atoms with Crippen LogP contribution in [0.3, 0.4) is 0 Å². The fourth-order valence-corrected chi connectivity index (χ4v) is 4.68. The molecule has 186 valence electrons. The molecule has 0 saturated heterocycles. The highest BCUT2D eigenvalue weighted by Gasteiger charge is 2.31. The average Bonchev–Trinajstić information content (AvgIpc) is 3.25. The number of pyridine rings is 1. The molecule has 4 aromatic rings. The molecule has 1 aliphatic rings. The van der Waals surface area contributed by atoms with Gasteiger partial charge < -0.3 is 16.8 Å². The Kier molecular flexibility index (Phi) is 6.09. The maximum Gasteiger partial charge on any atom is 0.416 e. The first-order valence-electron chi connectivity index (χ1n) is 11.5. The molecule has 1 saturated carbocycles. The molecule has 0 spiro atoms. The molecule has 0 radical (unpaired) electrons. The molecule has 0 aliphatic heterocycles. The van der Waals surface area contributed by atoms with E-state index in [0.29, 0.717) is 17.0 Å². The number of nitrogens with zero attached hydrogens (tertiary/aromatic N) is 4. The van der Waals surface area contributed by atoms with E-state index in [-0.39, 0.29) is 23.3 Å². The lowest BCUT2D eigenvalue weighted by Crippen LogP contribution is -2.27. The van der Waals surface area contributed by atoms with E-state index < -0.39 is 17.6 Å². The quantitative estimate of drug-likeness (QED) is 0.379. The van der Waals surface area contributed by atoms with E-state index in [9.17, 15) is 18.0 Å². The lowest BCUT2D eigenvalue weighted by Gasteiger charge is -2.25. The van der Waals surface area contributed by atoms with Crippen molar-refractivity contribution < 1.29 is 18.0 Å². The van der Waals surface area contributed by atoms with E-state index >= 15 is 0 Å². The molecule has 5 N–H and O–H groups in total. The first-order valence-corrected chi connectivity index (χ1v) is 11.5. The van der Waals surface area contributed by atoms with Gasteiger partial charge in [-0.05, 0) is 43.5 Å². The van der Waals surface area contributed by atoms with Crippen LogP contribution in [0.4, 0.5) is 24.8 Å². The number of imidazole rings is 1. The average molecular weight is 496 g/mol. The normalized spacial score (nSPS) is 18.3. The smallest absolute Gasteiger partial charge is 0.382 e. The molecule has 1 fully saturated rings. The number of amides is 1. The Hall–Kier alpha value is -3.99. The third-order valence-electron chi connectivity index (χ3n) is 6.44. The van der Waals surface area contributed by atoms with Crippen LogP contribution in [0.1, 0.15) is 53.3 Å². The van der Waals surface area contributed by atoms with Crippen LogP contribution < -0.4 is 16.8 Å². The molecular formula is C25H24F3N7O. The van der Waals surface area contributed by atoms with Gasteiger partial charge in [0.25, 0.3) is 5.91 Å². The van der Waals surface area contributed by atoms with Crippen molar-refractivity contribution in [3.63, 3.8) is 0 Å². The van der Waals surface area contributed by atoms with Crippen molar-refractivity contribution in [2.45, 2.75) is 43.8 Å². The largest absolute Gasteiger partial charge is 0.416 e. The number of fused-ring (bicyclic) bond motifs is 1. The number of nitrogens with one attached hydrogen (secondary N) is 1. The number of aromatic nitrogens is 4. The summed E-state index contributed by atoms with van der Waals surface area (Å²) in [6.07, 6.45) is 3.78. The number of halogens is 3. The summed E-state index contributed by atoms with van der Waals surface area (Å²) in [4.78, 5) is 25.6. The number of rotatable bonds is 4. The SMILES string of the molecule is Nc1nccn2c([C@@H]3CCCC(N)C3)nc(-c3ccc(C(=O)Nc4cc(C(F)(F)F)ccn4)cc3)c12. The highest BCUT2D eigenvalue weighted by Crippen LogP contribution is 2.36. The Labute approximate surface area is 204 Å². The fraction of sp³-hybridized carbons (Fsp3) is 0.280. The molecule has 11 heteroatoms. The summed E-state index contributed by atoms with van der Waals surface area (Å²) in [6, 6.07) is 8.35. The zero-order valence-corrected chi connectivity index (χ0v) is 19.2. The minimum atomic E-state index is -4.53. The number of hydrogen-bond donors (Lipinski definition) is 3. The van der Waals surface area contributed by atoms with Gasteiger partial charge in [-0.1, -0.05) is 18.6 Å². The standard InChI is InChI=1S/C25H24F3N7O/c26-25(27,28)17-8-9-31-19(13-17)33-24(36)15-6-4-14(5-7-15)20-21-22(30)32-10-11-35(21)23(34-20)16-2-1-3-18(29)12-16/h4-11,13,16,18H,1-3,12,29H2,(H2,30,32)(H,31,33,36)/t16-,18?/m1/s1. The fourth-order valence-electron chi connectivity index (χ4n) is 4.68. The van der Waals surface area contributed by atoms with Gasteiger partial charge in [0.1, 0.15) is 28.7 Å². The van der Waals surface area contributed by atoms with E-state index in [1.54, 1.807) is 30.5 Å². The summed E-state index contributed by atoms with van der Waals surface area (Å²) >= 11 is 0. The maximum absolute atomic E-state index is 12.9. The molecule has 1 aliphatic carbocycles. The van der Waals surface area contributed by atoms with E-state index in [4.69, 9.17) is 16.5 Å². The van der Waals surface area contributed by atoms with Crippen LogP contribution in [0, 0.1) is 0 Å². The molecule has 2 atom stereocenters. The Morgan fingerprint density at radius 2 is 1.86 bits per heavy atom. The Bertz CT molecular complexity index is 1420. The monoisotopic (exact) mass is 495 g/mol. The lowest BCUT2D eigenvalue weighted by molar-refractivity contribution is -0.137. The van der Waals surface area contributed by atoms with Crippen LogP contribution in [0.5, 0.6) is 0 Å². The van der Waals surface area contributed by atoms with Gasteiger partial charge >= 0.3 is 6.18 Å². The Morgan fingerprint density at radius 3 is 2.58 bits per heavy atom. The van der Waals surface area contributed by atoms with E-state index in [0.717, 1.165) is 55.4 Å². The number of alkyl halides is 3. The zero-order chi connectivity index (χ0) is 25.4. The van der Waals surface area contributed by atoms with Gasteiger partial charge in [-0.3, -0.25) is 9.20 Å². The molecule has 5 rings (SSSR count). The van der Waals surface area contributed by atoms with Crippen molar-refractivity contribution in [3.8, 4) is 11.3 Å². The molecule has 1 amide bonds. The molecule has 0 bridgehead atoms. The van der Waals surface area contributed by atoms with Crippen molar-refractivity contribution >= 4 is 23.1 Å². The number of benzene rings is 1. The van der Waals surface area contributed by atoms with Crippen LogP contribution in [0.25, 0.3) is 16.8 Å². The summed E-state index contributed by atoms with van der Waals surface area (Å²) in [6.45, 7) is 0. The van der Waals surface area contributed by atoms with Crippen LogP contribution in [0.2, 0.25) is 0 Å². The zero-order valence-electron chi connectivity index (χ0n) is 19.2. The minimum Gasteiger partial charge on any atom is -0.382 e. The van der Waals surface area contributed by atoms with Gasteiger partial charge in [-0.25, -0.2) is 15.0 Å². The second-order valence-corrected chi connectivity index (χ2v) is 8.93. The van der Waals surface area contributed by atoms with E-state index in [1.165, 1.54) is 0 Å². The first kappa shape index (κ1) is 23.7. The topological polar surface area (TPSA) is 124 Å². The summed E-state index contributed by atoms with van der Waals surface area (Å²) < 4.78 is 40.8. The Morgan fingerprint density at radius 1 is 1.08 bits per heavy atom. The molecule has 8 nitrogen and oxygen atoms in total. The van der Waals surface area contributed by atoms with Gasteiger partial charge in [0, 0.05) is 41.7 Å². The second-order valence-electron chi connectivity index (χ2n) is 8.93. The molecule has 3 aromatic heterocycles. The van der Waals surface area contributed by atoms with E-state index in [2.05, 4.69) is 15.3 Å². The van der Waals surface area contributed by atoms with E-state index in [1.807, 2.05) is 10.6 Å². The summed E-state index contributed by atoms with van der Waals surface area (Å²) in [5.74, 6) is 0.640. The number of nitrogen functional groups attached to an aromatic ring is 1. The summed E-state index contributed by atoms with van der Waals surface area (Å²) in [5.41, 5.74) is 13.8. The number of anilines is 2. The highest BCUT2D eigenvalue weighted by molar-refractivity contribution is 6.04. The third-order valence-corrected chi connectivity index (χ3v) is 6.44. The first-order chi connectivity index (χ1) is 17.2. The predicted octanol–water partition coefficient (Wildman–Crippen LogP) is 4.63. The van der Waals surface area contributed by atoms with Crippen LogP contribution in [0.15, 0.2) is 55.0 Å². The molecule has 3 heterocycles. The molecule has 36 heavy (non-hydrogen) atoms. The molecule has 1 aromatic carbocycles. The van der Waals surface area contributed by atoms with Crippen molar-refractivity contribution in [1.29, 1.82) is 0 Å². The van der Waals surface area contributed by atoms with Crippen molar-refractivity contribution in [1.82, 2.24) is 19.4 Å². The van der Waals surface area contributed by atoms with Gasteiger partial charge in [0.05, 0.1) is 5.56 Å². The van der Waals surface area contributed by atoms with Gasteiger partial charge in [-0.2, -0.15) is 13.2 Å². The summed E-state index contributed by atoms with van der Waals surface area (Å²) in [7, 11) is 0. The van der Waals surface area contributed by atoms with Crippen LogP contribution in [-0.4, -0.2) is 31.3 Å². The third kappa shape index (κ3) is 4.61. The molecule has 1 unspecified atom stereocenters. The number of hydrogen-bond acceptors (Lipinski definition) is 6. The lowest BCUT2D eigenvalue weighted by atomic mass is 9.85. The van der Waals surface area contributed by atoms with Crippen LogP contribution >= 0.6 is 0 Å². The van der Waals surface area contributed by atoms with Gasteiger partial charge in [0.2, 0.25) is 0 Å². The minimum absolute atomic E-state index is 0.128. The number of carbonyl (C=O) groups is 1. The predicted molar refractivity (Wildman–Crippen MR) is 129 cm³/mol. The van der Waals surface area contributed by atoms with Gasteiger partial charge in [-0.15, -0.1) is 0 Å². The maximum atomic E-state index is 12.9. The van der Waals surface area contributed by atoms with Crippen LogP contribution in [-0.2, 0) is 6.18 Å². The second kappa shape index (κ2) is 9.23. The molecular weight excluding hydrogens is 471 g/mol.